The molecule has 4 heteroatoms. The van der Waals surface area contributed by atoms with Gasteiger partial charge in [-0.05, 0) is 19.4 Å². The lowest BCUT2D eigenvalue weighted by molar-refractivity contribution is -0.136. The Bertz CT molecular complexity index is 389. The number of hydrogen-bond donors (Lipinski definition) is 1. The number of carboxylic acids is 1. The van der Waals surface area contributed by atoms with Crippen molar-refractivity contribution in [3.63, 3.8) is 0 Å². The largest absolute Gasteiger partial charge is 0.480 e. The summed E-state index contributed by atoms with van der Waals surface area (Å²) in [6.07, 6.45) is 0.367. The van der Waals surface area contributed by atoms with E-state index < -0.39 is 11.2 Å². The van der Waals surface area contributed by atoms with Crippen molar-refractivity contribution in [2.24, 2.45) is 0 Å². The second-order valence-corrected chi connectivity index (χ2v) is 5.47. The summed E-state index contributed by atoms with van der Waals surface area (Å²) in [5, 5.41) is 8.31. The van der Waals surface area contributed by atoms with Gasteiger partial charge in [-0.2, -0.15) is 0 Å². The van der Waals surface area contributed by atoms with Crippen LogP contribution in [0.2, 0.25) is 0 Å². The van der Waals surface area contributed by atoms with Crippen LogP contribution in [0.15, 0.2) is 30.3 Å². The monoisotopic (exact) mass is 252 g/mol. The van der Waals surface area contributed by atoms with Gasteiger partial charge in [0.05, 0.1) is 0 Å². The Hall–Kier alpha value is -1.29. The van der Waals surface area contributed by atoms with E-state index in [1.165, 1.54) is 18.7 Å². The van der Waals surface area contributed by atoms with Crippen molar-refractivity contribution in [1.82, 2.24) is 0 Å². The Kier molecular flexibility index (Phi) is 5.22. The Morgan fingerprint density at radius 2 is 1.88 bits per heavy atom. The van der Waals surface area contributed by atoms with Crippen LogP contribution in [0.25, 0.3) is 0 Å². The number of hydrogen-bond acceptors (Lipinski definition) is 3. The number of ketones is 1. The summed E-state index contributed by atoms with van der Waals surface area (Å²) in [5.41, 5.74) is 1.00. The van der Waals surface area contributed by atoms with E-state index in [2.05, 4.69) is 0 Å². The number of carbonyl (C=O) groups excluding carboxylic acids is 1. The molecule has 0 aromatic heterocycles. The van der Waals surface area contributed by atoms with E-state index in [4.69, 9.17) is 5.11 Å². The fourth-order valence-electron chi connectivity index (χ4n) is 1.48. The molecule has 92 valence electrons. The smallest absolute Gasteiger partial charge is 0.316 e. The molecule has 3 nitrogen and oxygen atoms in total. The molecule has 1 N–H and O–H groups in total. The van der Waals surface area contributed by atoms with Crippen molar-refractivity contribution in [3.05, 3.63) is 35.9 Å². The lowest BCUT2D eigenvalue weighted by Crippen LogP contribution is -2.14. The molecule has 2 atom stereocenters. The molecule has 1 aromatic carbocycles. The van der Waals surface area contributed by atoms with Crippen LogP contribution in [-0.2, 0) is 9.59 Å². The highest BCUT2D eigenvalue weighted by atomic mass is 32.2. The third-order valence-corrected chi connectivity index (χ3v) is 3.74. The predicted molar refractivity (Wildman–Crippen MR) is 69.2 cm³/mol. The summed E-state index contributed by atoms with van der Waals surface area (Å²) >= 11 is 1.31. The first-order valence-electron chi connectivity index (χ1n) is 5.43. The minimum absolute atomic E-state index is 0.0731. The maximum absolute atomic E-state index is 11.2. The van der Waals surface area contributed by atoms with Crippen molar-refractivity contribution in [2.75, 3.05) is 0 Å². The van der Waals surface area contributed by atoms with Crippen LogP contribution in [0.1, 0.15) is 31.1 Å². The molecule has 0 radical (unpaired) electrons. The lowest BCUT2D eigenvalue weighted by Gasteiger charge is -2.18. The molecule has 2 unspecified atom stereocenters. The van der Waals surface area contributed by atoms with Crippen molar-refractivity contribution in [3.8, 4) is 0 Å². The zero-order valence-corrected chi connectivity index (χ0v) is 10.7. The highest BCUT2D eigenvalue weighted by molar-refractivity contribution is 8.00. The summed E-state index contributed by atoms with van der Waals surface area (Å²) in [4.78, 5) is 22.1. The topological polar surface area (TPSA) is 54.4 Å². The molecule has 1 aromatic rings. The first kappa shape index (κ1) is 13.8. The lowest BCUT2D eigenvalue weighted by atomic mass is 10.1. The first-order chi connectivity index (χ1) is 8.00. The molecule has 0 amide bonds. The number of carboxylic acid groups (broad SMARTS) is 1. The van der Waals surface area contributed by atoms with E-state index in [-0.39, 0.29) is 11.0 Å². The third-order valence-electron chi connectivity index (χ3n) is 2.36. The molecule has 0 spiro atoms. The van der Waals surface area contributed by atoms with Gasteiger partial charge in [-0.15, -0.1) is 11.8 Å². The maximum atomic E-state index is 11.2. The minimum Gasteiger partial charge on any atom is -0.480 e. The predicted octanol–water partition coefficient (Wildman–Crippen LogP) is 2.91. The van der Waals surface area contributed by atoms with Crippen molar-refractivity contribution in [1.29, 1.82) is 0 Å². The molecule has 1 rings (SSSR count). The van der Waals surface area contributed by atoms with Crippen LogP contribution in [-0.4, -0.2) is 22.1 Å². The standard InChI is InChI=1S/C13H16O3S/c1-9(14)8-12(17-10(2)13(15)16)11-6-4-3-5-7-11/h3-7,10,12H,8H2,1-2H3,(H,15,16). The minimum atomic E-state index is -0.848. The zero-order valence-electron chi connectivity index (χ0n) is 9.92. The molecular formula is C13H16O3S. The zero-order chi connectivity index (χ0) is 12.8. The highest BCUT2D eigenvalue weighted by Gasteiger charge is 2.21. The van der Waals surface area contributed by atoms with Crippen LogP contribution >= 0.6 is 11.8 Å². The van der Waals surface area contributed by atoms with Crippen LogP contribution in [0.5, 0.6) is 0 Å². The van der Waals surface area contributed by atoms with E-state index >= 15 is 0 Å². The SMILES string of the molecule is CC(=O)CC(SC(C)C(=O)O)c1ccccc1. The van der Waals surface area contributed by atoms with Gasteiger partial charge in [0.25, 0.3) is 0 Å². The van der Waals surface area contributed by atoms with Gasteiger partial charge in [0.1, 0.15) is 11.0 Å². The number of benzene rings is 1. The van der Waals surface area contributed by atoms with E-state index in [1.807, 2.05) is 30.3 Å². The third kappa shape index (κ3) is 4.61. The molecule has 0 aliphatic heterocycles. The first-order valence-corrected chi connectivity index (χ1v) is 6.37. The summed E-state index contributed by atoms with van der Waals surface area (Å²) in [6.45, 7) is 3.17. The quantitative estimate of drug-likeness (QED) is 0.845. The van der Waals surface area contributed by atoms with Gasteiger partial charge in [0.2, 0.25) is 0 Å². The summed E-state index contributed by atoms with van der Waals surface area (Å²) < 4.78 is 0. The van der Waals surface area contributed by atoms with Crippen molar-refractivity contribution < 1.29 is 14.7 Å². The number of Topliss-reactive ketones (excluding diaryl/α,β-unsaturated/α-hetero) is 1. The fourth-order valence-corrected chi connectivity index (χ4v) is 2.73. The van der Waals surface area contributed by atoms with E-state index in [0.29, 0.717) is 6.42 Å². The normalized spacial score (nSPS) is 14.0. The summed E-state index contributed by atoms with van der Waals surface area (Å²) in [5.74, 6) is -0.775. The van der Waals surface area contributed by atoms with Gasteiger partial charge in [-0.3, -0.25) is 9.59 Å². The van der Waals surface area contributed by atoms with E-state index in [9.17, 15) is 9.59 Å². The average molecular weight is 252 g/mol. The summed E-state index contributed by atoms with van der Waals surface area (Å²) in [7, 11) is 0. The second-order valence-electron chi connectivity index (χ2n) is 3.92. The average Bonchev–Trinajstić information content (AvgIpc) is 2.28. The second kappa shape index (κ2) is 6.45. The molecule has 0 bridgehead atoms. The van der Waals surface area contributed by atoms with Gasteiger partial charge >= 0.3 is 5.97 Å². The van der Waals surface area contributed by atoms with Gasteiger partial charge in [0, 0.05) is 11.7 Å². The van der Waals surface area contributed by atoms with Crippen molar-refractivity contribution in [2.45, 2.75) is 30.8 Å². The number of rotatable bonds is 6. The Labute approximate surface area is 105 Å². The molecule has 0 heterocycles. The summed E-state index contributed by atoms with van der Waals surface area (Å²) in [6, 6.07) is 9.55. The molecular weight excluding hydrogens is 236 g/mol. The number of carbonyl (C=O) groups is 2. The Morgan fingerprint density at radius 1 is 1.29 bits per heavy atom. The molecule has 0 fully saturated rings. The molecule has 0 saturated heterocycles. The highest BCUT2D eigenvalue weighted by Crippen LogP contribution is 2.35. The Morgan fingerprint density at radius 3 is 2.35 bits per heavy atom. The van der Waals surface area contributed by atoms with Crippen LogP contribution in [0, 0.1) is 0 Å². The molecule has 0 aliphatic rings. The van der Waals surface area contributed by atoms with Crippen LogP contribution in [0.3, 0.4) is 0 Å². The van der Waals surface area contributed by atoms with Crippen LogP contribution < -0.4 is 0 Å². The molecule has 0 saturated carbocycles. The molecule has 0 aliphatic carbocycles. The van der Waals surface area contributed by atoms with Gasteiger partial charge in [-0.25, -0.2) is 0 Å². The fraction of sp³-hybridized carbons (Fsp3) is 0.385. The number of aliphatic carboxylic acids is 1. The molecule has 17 heavy (non-hydrogen) atoms. The maximum Gasteiger partial charge on any atom is 0.316 e. The van der Waals surface area contributed by atoms with Gasteiger partial charge in [0.15, 0.2) is 0 Å². The van der Waals surface area contributed by atoms with Gasteiger partial charge < -0.3 is 5.11 Å². The van der Waals surface area contributed by atoms with Crippen molar-refractivity contribution >= 4 is 23.5 Å². The van der Waals surface area contributed by atoms with E-state index in [0.717, 1.165) is 5.56 Å². The van der Waals surface area contributed by atoms with Gasteiger partial charge in [-0.1, -0.05) is 30.3 Å². The van der Waals surface area contributed by atoms with E-state index in [1.54, 1.807) is 6.92 Å². The van der Waals surface area contributed by atoms with Crippen LogP contribution in [0.4, 0.5) is 0 Å². The number of thioether (sulfide) groups is 1. The Balaban J connectivity index is 2.81.